The summed E-state index contributed by atoms with van der Waals surface area (Å²) in [7, 11) is 0. The number of rotatable bonds is 10. The van der Waals surface area contributed by atoms with Gasteiger partial charge in [0.2, 0.25) is 5.91 Å². The third-order valence-corrected chi connectivity index (χ3v) is 2.41. The molecule has 0 saturated carbocycles. The van der Waals surface area contributed by atoms with Crippen molar-refractivity contribution in [1.82, 2.24) is 5.32 Å². The third-order valence-electron chi connectivity index (χ3n) is 2.41. The molecule has 3 nitrogen and oxygen atoms in total. The molecule has 2 N–H and O–H groups in total. The third kappa shape index (κ3) is 11.4. The molecule has 90 valence electrons. The normalized spacial score (nSPS) is 10.3. The van der Waals surface area contributed by atoms with Crippen LogP contribution < -0.4 is 5.32 Å². The molecule has 0 heterocycles. The molecule has 0 aromatic rings. The van der Waals surface area contributed by atoms with E-state index in [1.807, 2.05) is 0 Å². The summed E-state index contributed by atoms with van der Waals surface area (Å²) in [4.78, 5) is 11.2. The highest BCUT2D eigenvalue weighted by molar-refractivity contribution is 5.75. The largest absolute Gasteiger partial charge is 0.396 e. The van der Waals surface area contributed by atoms with E-state index in [2.05, 4.69) is 12.2 Å². The van der Waals surface area contributed by atoms with E-state index >= 15 is 0 Å². The van der Waals surface area contributed by atoms with Crippen molar-refractivity contribution in [2.45, 2.75) is 58.3 Å². The lowest BCUT2D eigenvalue weighted by Gasteiger charge is -2.04. The molecule has 0 saturated heterocycles. The number of carbonyl (C=O) groups excluding carboxylic acids is 1. The van der Waals surface area contributed by atoms with E-state index in [0.717, 1.165) is 25.8 Å². The maximum absolute atomic E-state index is 11.2. The van der Waals surface area contributed by atoms with Gasteiger partial charge in [0.25, 0.3) is 0 Å². The SMILES string of the molecule is CCCCCCCNC(=O)CCCCO. The van der Waals surface area contributed by atoms with Crippen LogP contribution in [0.25, 0.3) is 0 Å². The van der Waals surface area contributed by atoms with E-state index in [1.165, 1.54) is 25.7 Å². The molecular formula is C12H25NO2. The van der Waals surface area contributed by atoms with Gasteiger partial charge in [-0.1, -0.05) is 32.6 Å². The van der Waals surface area contributed by atoms with Gasteiger partial charge in [-0.3, -0.25) is 4.79 Å². The minimum atomic E-state index is 0.124. The van der Waals surface area contributed by atoms with Gasteiger partial charge in [-0.25, -0.2) is 0 Å². The maximum Gasteiger partial charge on any atom is 0.219 e. The Morgan fingerprint density at radius 3 is 2.47 bits per heavy atom. The van der Waals surface area contributed by atoms with Gasteiger partial charge in [-0.2, -0.15) is 0 Å². The van der Waals surface area contributed by atoms with Crippen molar-refractivity contribution < 1.29 is 9.90 Å². The number of unbranched alkanes of at least 4 members (excludes halogenated alkanes) is 5. The second-order valence-electron chi connectivity index (χ2n) is 3.94. The Morgan fingerprint density at radius 1 is 1.07 bits per heavy atom. The van der Waals surface area contributed by atoms with Gasteiger partial charge in [0.1, 0.15) is 0 Å². The minimum absolute atomic E-state index is 0.124. The quantitative estimate of drug-likeness (QED) is 0.549. The van der Waals surface area contributed by atoms with Crippen LogP contribution in [0.2, 0.25) is 0 Å². The van der Waals surface area contributed by atoms with E-state index in [4.69, 9.17) is 5.11 Å². The van der Waals surface area contributed by atoms with Crippen molar-refractivity contribution in [3.05, 3.63) is 0 Å². The maximum atomic E-state index is 11.2. The first-order valence-corrected chi connectivity index (χ1v) is 6.18. The molecule has 0 aromatic carbocycles. The fourth-order valence-corrected chi connectivity index (χ4v) is 1.44. The molecule has 0 aliphatic carbocycles. The van der Waals surface area contributed by atoms with Crippen molar-refractivity contribution >= 4 is 5.91 Å². The molecule has 0 aromatic heterocycles. The highest BCUT2D eigenvalue weighted by Gasteiger charge is 1.99. The van der Waals surface area contributed by atoms with Gasteiger partial charge in [0.15, 0.2) is 0 Å². The molecule has 0 unspecified atom stereocenters. The summed E-state index contributed by atoms with van der Waals surface area (Å²) in [5.41, 5.74) is 0. The lowest BCUT2D eigenvalue weighted by Crippen LogP contribution is -2.24. The molecule has 0 atom stereocenters. The van der Waals surface area contributed by atoms with Gasteiger partial charge in [-0.05, 0) is 19.3 Å². The number of hydrogen-bond donors (Lipinski definition) is 2. The molecule has 0 aliphatic rings. The van der Waals surface area contributed by atoms with E-state index in [0.29, 0.717) is 6.42 Å². The van der Waals surface area contributed by atoms with Crippen LogP contribution in [-0.4, -0.2) is 24.2 Å². The molecule has 0 bridgehead atoms. The van der Waals surface area contributed by atoms with Crippen LogP contribution in [0.4, 0.5) is 0 Å². The monoisotopic (exact) mass is 215 g/mol. The zero-order chi connectivity index (χ0) is 11.4. The first kappa shape index (κ1) is 14.4. The summed E-state index contributed by atoms with van der Waals surface area (Å²) in [6.45, 7) is 3.19. The Balaban J connectivity index is 3.10. The second-order valence-corrected chi connectivity index (χ2v) is 3.94. The predicted molar refractivity (Wildman–Crippen MR) is 62.7 cm³/mol. The Kier molecular flexibility index (Phi) is 11.1. The van der Waals surface area contributed by atoms with Crippen LogP contribution in [0.15, 0.2) is 0 Å². The molecule has 0 radical (unpaired) electrons. The zero-order valence-electron chi connectivity index (χ0n) is 9.93. The molecule has 0 spiro atoms. The Bertz CT molecular complexity index is 149. The number of nitrogens with one attached hydrogen (secondary N) is 1. The molecule has 1 amide bonds. The standard InChI is InChI=1S/C12H25NO2/c1-2-3-4-5-7-10-13-12(15)9-6-8-11-14/h14H,2-11H2,1H3,(H,13,15). The highest BCUT2D eigenvalue weighted by atomic mass is 16.2. The molecule has 0 aliphatic heterocycles. The summed E-state index contributed by atoms with van der Waals surface area (Å²) in [5.74, 6) is 0.124. The average Bonchev–Trinajstić information content (AvgIpc) is 2.23. The lowest BCUT2D eigenvalue weighted by atomic mass is 10.1. The van der Waals surface area contributed by atoms with Crippen LogP contribution in [0.1, 0.15) is 58.3 Å². The Morgan fingerprint density at radius 2 is 1.80 bits per heavy atom. The molecular weight excluding hydrogens is 190 g/mol. The van der Waals surface area contributed by atoms with Crippen LogP contribution in [0, 0.1) is 0 Å². The van der Waals surface area contributed by atoms with Crippen molar-refractivity contribution in [2.75, 3.05) is 13.2 Å². The first-order chi connectivity index (χ1) is 7.31. The van der Waals surface area contributed by atoms with Crippen LogP contribution in [-0.2, 0) is 4.79 Å². The minimum Gasteiger partial charge on any atom is -0.396 e. The number of amides is 1. The molecule has 0 fully saturated rings. The Hall–Kier alpha value is -0.570. The summed E-state index contributed by atoms with van der Waals surface area (Å²) >= 11 is 0. The fourth-order valence-electron chi connectivity index (χ4n) is 1.44. The van der Waals surface area contributed by atoms with Crippen LogP contribution >= 0.6 is 0 Å². The molecule has 15 heavy (non-hydrogen) atoms. The van der Waals surface area contributed by atoms with Crippen LogP contribution in [0.5, 0.6) is 0 Å². The van der Waals surface area contributed by atoms with Crippen molar-refractivity contribution in [3.63, 3.8) is 0 Å². The molecule has 3 heteroatoms. The number of hydrogen-bond acceptors (Lipinski definition) is 2. The smallest absolute Gasteiger partial charge is 0.219 e. The first-order valence-electron chi connectivity index (χ1n) is 6.18. The second kappa shape index (κ2) is 11.5. The predicted octanol–water partition coefficient (Wildman–Crippen LogP) is 2.24. The summed E-state index contributed by atoms with van der Waals surface area (Å²) < 4.78 is 0. The van der Waals surface area contributed by atoms with Gasteiger partial charge in [-0.15, -0.1) is 0 Å². The van der Waals surface area contributed by atoms with Crippen LogP contribution in [0.3, 0.4) is 0 Å². The van der Waals surface area contributed by atoms with E-state index in [9.17, 15) is 4.79 Å². The summed E-state index contributed by atoms with van der Waals surface area (Å²) in [6.07, 6.45) is 8.20. The van der Waals surface area contributed by atoms with Gasteiger partial charge in [0.05, 0.1) is 0 Å². The van der Waals surface area contributed by atoms with Crippen molar-refractivity contribution in [3.8, 4) is 0 Å². The number of carbonyl (C=O) groups is 1. The van der Waals surface area contributed by atoms with Crippen molar-refractivity contribution in [1.29, 1.82) is 0 Å². The van der Waals surface area contributed by atoms with Gasteiger partial charge in [0, 0.05) is 19.6 Å². The van der Waals surface area contributed by atoms with Gasteiger partial charge < -0.3 is 10.4 Å². The van der Waals surface area contributed by atoms with Crippen molar-refractivity contribution in [2.24, 2.45) is 0 Å². The van der Waals surface area contributed by atoms with Gasteiger partial charge >= 0.3 is 0 Å². The summed E-state index contributed by atoms with van der Waals surface area (Å²) in [5, 5.41) is 11.4. The highest BCUT2D eigenvalue weighted by Crippen LogP contribution is 2.01. The van der Waals surface area contributed by atoms with E-state index in [1.54, 1.807) is 0 Å². The summed E-state index contributed by atoms with van der Waals surface area (Å²) in [6, 6.07) is 0. The Labute approximate surface area is 93.3 Å². The zero-order valence-corrected chi connectivity index (χ0v) is 9.93. The van der Waals surface area contributed by atoms with E-state index in [-0.39, 0.29) is 12.5 Å². The lowest BCUT2D eigenvalue weighted by molar-refractivity contribution is -0.121. The number of aliphatic hydroxyl groups is 1. The topological polar surface area (TPSA) is 49.3 Å². The number of aliphatic hydroxyl groups excluding tert-OH is 1. The molecule has 0 rings (SSSR count). The fraction of sp³-hybridized carbons (Fsp3) is 0.917. The van der Waals surface area contributed by atoms with E-state index < -0.39 is 0 Å². The average molecular weight is 215 g/mol.